The number of aliphatic carboxylic acids is 1. The van der Waals surface area contributed by atoms with Gasteiger partial charge in [0, 0.05) is 29.6 Å². The van der Waals surface area contributed by atoms with E-state index in [9.17, 15) is 14.4 Å². The summed E-state index contributed by atoms with van der Waals surface area (Å²) in [6, 6.07) is 5.79. The molecule has 0 spiro atoms. The van der Waals surface area contributed by atoms with Crippen LogP contribution in [0.1, 0.15) is 18.4 Å². The Hall–Kier alpha value is -2.87. The number of carboxylic acids is 1. The van der Waals surface area contributed by atoms with E-state index >= 15 is 0 Å². The van der Waals surface area contributed by atoms with E-state index in [0.717, 1.165) is 10.9 Å². The molecular weight excluding hydrogens is 302 g/mol. The molecule has 7 N–H and O–H groups in total. The molecule has 0 aliphatic carbocycles. The van der Waals surface area contributed by atoms with E-state index < -0.39 is 17.9 Å². The van der Waals surface area contributed by atoms with Gasteiger partial charge in [-0.1, -0.05) is 0 Å². The van der Waals surface area contributed by atoms with E-state index in [2.05, 4.69) is 0 Å². The maximum Gasteiger partial charge on any atom is 0.336 e. The van der Waals surface area contributed by atoms with Gasteiger partial charge in [-0.05, 0) is 31.0 Å². The number of amides is 1. The topological polar surface area (TPSA) is 163 Å². The molecule has 0 bridgehead atoms. The molecule has 0 saturated heterocycles. The average molecular weight is 321 g/mol. The van der Waals surface area contributed by atoms with Crippen LogP contribution in [0.4, 0.5) is 5.69 Å². The number of hydrogen-bond acceptors (Lipinski definition) is 6. The first-order chi connectivity index (χ1) is 10.7. The number of nitrogen functional groups attached to an aromatic ring is 1. The highest BCUT2D eigenvalue weighted by Gasteiger charge is 2.11. The average Bonchev–Trinajstić information content (AvgIpc) is 2.44. The van der Waals surface area contributed by atoms with Crippen molar-refractivity contribution in [3.8, 4) is 0 Å². The summed E-state index contributed by atoms with van der Waals surface area (Å²) < 4.78 is 4.99. The highest BCUT2D eigenvalue weighted by atomic mass is 16.4. The molecule has 1 aromatic heterocycles. The summed E-state index contributed by atoms with van der Waals surface area (Å²) in [5.74, 6) is -1.64. The fourth-order valence-electron chi connectivity index (χ4n) is 1.76. The number of rotatable bonds is 4. The van der Waals surface area contributed by atoms with Crippen molar-refractivity contribution in [3.63, 3.8) is 0 Å². The van der Waals surface area contributed by atoms with Gasteiger partial charge in [-0.15, -0.1) is 0 Å². The molecule has 0 saturated carbocycles. The number of nitrogens with two attached hydrogens (primary N) is 3. The normalized spacial score (nSPS) is 11.4. The summed E-state index contributed by atoms with van der Waals surface area (Å²) in [5.41, 5.74) is 17.1. The Bertz CT molecular complexity index is 769. The number of carbonyl (C=O) groups is 2. The third kappa shape index (κ3) is 5.79. The van der Waals surface area contributed by atoms with Crippen molar-refractivity contribution in [2.24, 2.45) is 11.5 Å². The predicted octanol–water partition coefficient (Wildman–Crippen LogP) is 0.347. The molecule has 1 atom stereocenters. The summed E-state index contributed by atoms with van der Waals surface area (Å²) >= 11 is 0. The van der Waals surface area contributed by atoms with Crippen LogP contribution in [-0.4, -0.2) is 23.0 Å². The number of primary amides is 1. The predicted molar refractivity (Wildman–Crippen MR) is 85.7 cm³/mol. The second-order valence-electron chi connectivity index (χ2n) is 4.95. The van der Waals surface area contributed by atoms with E-state index in [4.69, 9.17) is 26.7 Å². The lowest BCUT2D eigenvalue weighted by molar-refractivity contribution is -0.138. The summed E-state index contributed by atoms with van der Waals surface area (Å²) in [6.45, 7) is 1.87. The first-order valence-corrected chi connectivity index (χ1v) is 6.77. The molecule has 0 aliphatic rings. The minimum absolute atomic E-state index is 0.0213. The molecule has 124 valence electrons. The number of anilines is 1. The Morgan fingerprint density at radius 1 is 1.30 bits per heavy atom. The van der Waals surface area contributed by atoms with Crippen molar-refractivity contribution >= 4 is 28.5 Å². The molecule has 1 aromatic carbocycles. The smallest absolute Gasteiger partial charge is 0.336 e. The van der Waals surface area contributed by atoms with Crippen molar-refractivity contribution in [3.05, 3.63) is 40.2 Å². The van der Waals surface area contributed by atoms with Crippen LogP contribution >= 0.6 is 0 Å². The second kappa shape index (κ2) is 7.95. The van der Waals surface area contributed by atoms with Crippen molar-refractivity contribution in [2.45, 2.75) is 25.8 Å². The third-order valence-electron chi connectivity index (χ3n) is 2.99. The SMILES string of the molecule is Cc1cc(=O)oc2cc(N)ccc12.NC(=O)CCC(N)C(=O)O. The highest BCUT2D eigenvalue weighted by molar-refractivity contribution is 5.82. The number of carbonyl (C=O) groups excluding carboxylic acids is 1. The van der Waals surface area contributed by atoms with Crippen molar-refractivity contribution < 1.29 is 19.1 Å². The standard InChI is InChI=1S/C10H9NO2.C5H10N2O3/c1-6-4-10(12)13-9-5-7(11)2-3-8(6)9;6-3(5(9)10)1-2-4(7)8/h2-5H,11H2,1H3;3H,1-2,6H2,(H2,7,8)(H,9,10). The highest BCUT2D eigenvalue weighted by Crippen LogP contribution is 2.18. The molecule has 2 rings (SSSR count). The number of hydrogen-bond donors (Lipinski definition) is 4. The molecule has 0 aliphatic heterocycles. The fraction of sp³-hybridized carbons (Fsp3) is 0.267. The van der Waals surface area contributed by atoms with Gasteiger partial charge in [0.25, 0.3) is 0 Å². The number of carboxylic acid groups (broad SMARTS) is 1. The molecule has 1 unspecified atom stereocenters. The van der Waals surface area contributed by atoms with E-state index in [-0.39, 0.29) is 18.5 Å². The van der Waals surface area contributed by atoms with Crippen molar-refractivity contribution in [1.29, 1.82) is 0 Å². The third-order valence-corrected chi connectivity index (χ3v) is 2.99. The summed E-state index contributed by atoms with van der Waals surface area (Å²) in [4.78, 5) is 31.1. The minimum atomic E-state index is -1.11. The van der Waals surface area contributed by atoms with Crippen LogP contribution in [-0.2, 0) is 9.59 Å². The molecule has 2 aromatic rings. The Kier molecular flexibility index (Phi) is 6.28. The zero-order valence-corrected chi connectivity index (χ0v) is 12.6. The van der Waals surface area contributed by atoms with E-state index in [1.165, 1.54) is 6.07 Å². The summed E-state index contributed by atoms with van der Waals surface area (Å²) in [5, 5.41) is 9.14. The van der Waals surface area contributed by atoms with E-state index in [1.807, 2.05) is 13.0 Å². The van der Waals surface area contributed by atoms with Gasteiger partial charge in [0.05, 0.1) is 0 Å². The van der Waals surface area contributed by atoms with Gasteiger partial charge in [0.15, 0.2) is 0 Å². The lowest BCUT2D eigenvalue weighted by atomic mass is 10.1. The number of aryl methyl sites for hydroxylation is 1. The van der Waals surface area contributed by atoms with Crippen LogP contribution in [0.3, 0.4) is 0 Å². The van der Waals surface area contributed by atoms with Crippen LogP contribution in [0.5, 0.6) is 0 Å². The van der Waals surface area contributed by atoms with Crippen LogP contribution in [0.15, 0.2) is 33.5 Å². The quantitative estimate of drug-likeness (QED) is 0.466. The van der Waals surface area contributed by atoms with Gasteiger partial charge in [-0.3, -0.25) is 9.59 Å². The fourth-order valence-corrected chi connectivity index (χ4v) is 1.76. The lowest BCUT2D eigenvalue weighted by Crippen LogP contribution is -2.31. The monoisotopic (exact) mass is 321 g/mol. The van der Waals surface area contributed by atoms with Crippen LogP contribution < -0.4 is 22.8 Å². The summed E-state index contributed by atoms with van der Waals surface area (Å²) in [6.07, 6.45) is 0.123. The van der Waals surface area contributed by atoms with Crippen LogP contribution in [0, 0.1) is 6.92 Å². The van der Waals surface area contributed by atoms with Gasteiger partial charge in [-0.25, -0.2) is 4.79 Å². The maximum atomic E-state index is 11.0. The van der Waals surface area contributed by atoms with E-state index in [0.29, 0.717) is 11.3 Å². The molecule has 0 radical (unpaired) electrons. The van der Waals surface area contributed by atoms with Gasteiger partial charge >= 0.3 is 11.6 Å². The largest absolute Gasteiger partial charge is 0.480 e. The Morgan fingerprint density at radius 2 is 1.96 bits per heavy atom. The molecule has 8 nitrogen and oxygen atoms in total. The van der Waals surface area contributed by atoms with Crippen LogP contribution in [0.25, 0.3) is 11.0 Å². The van der Waals surface area contributed by atoms with Gasteiger partial charge < -0.3 is 26.7 Å². The van der Waals surface area contributed by atoms with Crippen molar-refractivity contribution in [2.75, 3.05) is 5.73 Å². The first kappa shape index (κ1) is 18.2. The molecule has 1 amide bonds. The van der Waals surface area contributed by atoms with E-state index in [1.54, 1.807) is 12.1 Å². The molecule has 8 heteroatoms. The van der Waals surface area contributed by atoms with Crippen LogP contribution in [0.2, 0.25) is 0 Å². The zero-order chi connectivity index (χ0) is 17.6. The van der Waals surface area contributed by atoms with Gasteiger partial charge in [-0.2, -0.15) is 0 Å². The number of benzene rings is 1. The second-order valence-corrected chi connectivity index (χ2v) is 4.95. The molecule has 23 heavy (non-hydrogen) atoms. The lowest BCUT2D eigenvalue weighted by Gasteiger charge is -2.01. The summed E-state index contributed by atoms with van der Waals surface area (Å²) in [7, 11) is 0. The number of fused-ring (bicyclic) bond motifs is 1. The zero-order valence-electron chi connectivity index (χ0n) is 12.6. The molecular formula is C15H19N3O5. The maximum absolute atomic E-state index is 11.0. The first-order valence-electron chi connectivity index (χ1n) is 6.77. The Balaban J connectivity index is 0.000000241. The van der Waals surface area contributed by atoms with Gasteiger partial charge in [0.1, 0.15) is 11.6 Å². The molecule has 0 fully saturated rings. The minimum Gasteiger partial charge on any atom is -0.480 e. The molecule has 1 heterocycles. The Morgan fingerprint density at radius 3 is 2.52 bits per heavy atom. The van der Waals surface area contributed by atoms with Crippen molar-refractivity contribution in [1.82, 2.24) is 0 Å². The Labute approximate surface area is 131 Å². The van der Waals surface area contributed by atoms with Gasteiger partial charge in [0.2, 0.25) is 5.91 Å².